The number of hydrogen-bond acceptors (Lipinski definition) is 2. The molecule has 0 saturated heterocycles. The Balaban J connectivity index is 2.27. The van der Waals surface area contributed by atoms with E-state index in [0.29, 0.717) is 5.41 Å². The van der Waals surface area contributed by atoms with Crippen LogP contribution < -0.4 is 4.74 Å². The normalized spacial score (nSPS) is 22.1. The second-order valence-corrected chi connectivity index (χ2v) is 5.90. The second-order valence-electron chi connectivity index (χ2n) is 5.90. The molecule has 1 saturated carbocycles. The van der Waals surface area contributed by atoms with Crippen LogP contribution in [0.4, 0.5) is 0 Å². The average Bonchev–Trinajstić information content (AvgIpc) is 2.33. The van der Waals surface area contributed by atoms with E-state index in [1.807, 2.05) is 24.3 Å². The van der Waals surface area contributed by atoms with Gasteiger partial charge in [-0.15, -0.1) is 0 Å². The quantitative estimate of drug-likeness (QED) is 0.849. The minimum absolute atomic E-state index is 0.355. The Labute approximate surface area is 104 Å². The van der Waals surface area contributed by atoms with Crippen LogP contribution >= 0.6 is 0 Å². The molecule has 1 aromatic carbocycles. The smallest absolute Gasteiger partial charge is 0.124 e. The highest BCUT2D eigenvalue weighted by molar-refractivity contribution is 5.38. The molecule has 2 nitrogen and oxygen atoms in total. The number of ether oxygens (including phenoxy) is 1. The first-order valence-electron chi connectivity index (χ1n) is 6.33. The van der Waals surface area contributed by atoms with Crippen LogP contribution in [0.25, 0.3) is 0 Å². The third kappa shape index (κ3) is 2.47. The number of methoxy groups -OCH3 is 1. The predicted molar refractivity (Wildman–Crippen MR) is 69.1 cm³/mol. The summed E-state index contributed by atoms with van der Waals surface area (Å²) < 4.78 is 5.36. The fourth-order valence-electron chi connectivity index (χ4n) is 2.64. The van der Waals surface area contributed by atoms with E-state index in [-0.39, 0.29) is 0 Å². The Morgan fingerprint density at radius 2 is 1.65 bits per heavy atom. The SMILES string of the molecule is COc1ccccc1C1(O)CCC(C)(C)CC1. The second kappa shape index (κ2) is 4.34. The van der Waals surface area contributed by atoms with Crippen molar-refractivity contribution in [2.45, 2.75) is 45.1 Å². The first kappa shape index (κ1) is 12.4. The van der Waals surface area contributed by atoms with Gasteiger partial charge in [0, 0.05) is 5.56 Å². The van der Waals surface area contributed by atoms with Gasteiger partial charge in [-0.2, -0.15) is 0 Å². The van der Waals surface area contributed by atoms with Crippen molar-refractivity contribution in [3.8, 4) is 5.75 Å². The van der Waals surface area contributed by atoms with E-state index in [0.717, 1.165) is 37.0 Å². The van der Waals surface area contributed by atoms with Gasteiger partial charge in [0.2, 0.25) is 0 Å². The van der Waals surface area contributed by atoms with Gasteiger partial charge < -0.3 is 9.84 Å². The Hall–Kier alpha value is -1.02. The van der Waals surface area contributed by atoms with E-state index in [1.165, 1.54) is 0 Å². The maximum Gasteiger partial charge on any atom is 0.124 e. The van der Waals surface area contributed by atoms with Gasteiger partial charge in [0.15, 0.2) is 0 Å². The highest BCUT2D eigenvalue weighted by Gasteiger charge is 2.39. The molecule has 0 amide bonds. The number of hydrogen-bond donors (Lipinski definition) is 1. The minimum atomic E-state index is -0.706. The first-order chi connectivity index (χ1) is 7.97. The molecule has 0 bridgehead atoms. The van der Waals surface area contributed by atoms with Gasteiger partial charge in [-0.25, -0.2) is 0 Å². The Kier molecular flexibility index (Phi) is 3.17. The average molecular weight is 234 g/mol. The van der Waals surface area contributed by atoms with Gasteiger partial charge in [-0.3, -0.25) is 0 Å². The highest BCUT2D eigenvalue weighted by Crippen LogP contribution is 2.47. The fraction of sp³-hybridized carbons (Fsp3) is 0.600. The molecule has 0 heterocycles. The largest absolute Gasteiger partial charge is 0.496 e. The molecule has 1 aliphatic rings. The van der Waals surface area contributed by atoms with Crippen molar-refractivity contribution in [3.63, 3.8) is 0 Å². The molecule has 0 radical (unpaired) electrons. The van der Waals surface area contributed by atoms with Gasteiger partial charge in [-0.05, 0) is 37.2 Å². The molecule has 94 valence electrons. The summed E-state index contributed by atoms with van der Waals surface area (Å²) in [5.41, 5.74) is 0.592. The molecule has 0 aromatic heterocycles. The molecule has 2 heteroatoms. The predicted octanol–water partition coefficient (Wildman–Crippen LogP) is 3.48. The molecular formula is C15H22O2. The van der Waals surface area contributed by atoms with Crippen LogP contribution in [0, 0.1) is 5.41 Å². The standard InChI is InChI=1S/C15H22O2/c1-14(2)8-10-15(16,11-9-14)12-6-4-5-7-13(12)17-3/h4-7,16H,8-11H2,1-3H3. The summed E-state index contributed by atoms with van der Waals surface area (Å²) in [6, 6.07) is 7.82. The highest BCUT2D eigenvalue weighted by atomic mass is 16.5. The first-order valence-corrected chi connectivity index (χ1v) is 6.33. The van der Waals surface area contributed by atoms with Crippen molar-refractivity contribution in [1.82, 2.24) is 0 Å². The van der Waals surface area contributed by atoms with Crippen molar-refractivity contribution < 1.29 is 9.84 Å². The number of para-hydroxylation sites is 1. The zero-order chi connectivity index (χ0) is 12.5. The third-order valence-corrected chi connectivity index (χ3v) is 4.04. The van der Waals surface area contributed by atoms with E-state index >= 15 is 0 Å². The monoisotopic (exact) mass is 234 g/mol. The number of aliphatic hydroxyl groups is 1. The Bertz CT molecular complexity index is 386. The molecule has 1 aliphatic carbocycles. The summed E-state index contributed by atoms with van der Waals surface area (Å²) in [6.07, 6.45) is 3.75. The van der Waals surface area contributed by atoms with Crippen molar-refractivity contribution in [3.05, 3.63) is 29.8 Å². The molecule has 17 heavy (non-hydrogen) atoms. The molecule has 2 rings (SSSR count). The number of rotatable bonds is 2. The topological polar surface area (TPSA) is 29.5 Å². The third-order valence-electron chi connectivity index (χ3n) is 4.04. The lowest BCUT2D eigenvalue weighted by molar-refractivity contribution is -0.0320. The molecule has 0 spiro atoms. The van der Waals surface area contributed by atoms with Crippen LogP contribution in [0.5, 0.6) is 5.75 Å². The lowest BCUT2D eigenvalue weighted by atomic mass is 9.68. The minimum Gasteiger partial charge on any atom is -0.496 e. The lowest BCUT2D eigenvalue weighted by Gasteiger charge is -2.40. The van der Waals surface area contributed by atoms with Crippen LogP contribution in [0.3, 0.4) is 0 Å². The lowest BCUT2D eigenvalue weighted by Crippen LogP contribution is -2.34. The van der Waals surface area contributed by atoms with Crippen molar-refractivity contribution >= 4 is 0 Å². The fourth-order valence-corrected chi connectivity index (χ4v) is 2.64. The van der Waals surface area contributed by atoms with Crippen molar-refractivity contribution in [1.29, 1.82) is 0 Å². The molecule has 1 N–H and O–H groups in total. The number of benzene rings is 1. The van der Waals surface area contributed by atoms with E-state index in [1.54, 1.807) is 7.11 Å². The van der Waals surface area contributed by atoms with Gasteiger partial charge in [0.05, 0.1) is 12.7 Å². The van der Waals surface area contributed by atoms with Crippen LogP contribution in [0.15, 0.2) is 24.3 Å². The van der Waals surface area contributed by atoms with Gasteiger partial charge in [-0.1, -0.05) is 32.0 Å². The van der Waals surface area contributed by atoms with E-state index in [4.69, 9.17) is 4.74 Å². The van der Waals surface area contributed by atoms with Crippen molar-refractivity contribution in [2.24, 2.45) is 5.41 Å². The summed E-state index contributed by atoms with van der Waals surface area (Å²) in [5.74, 6) is 0.801. The maximum absolute atomic E-state index is 10.8. The summed E-state index contributed by atoms with van der Waals surface area (Å²) >= 11 is 0. The van der Waals surface area contributed by atoms with Crippen LogP contribution in [-0.4, -0.2) is 12.2 Å². The Morgan fingerprint density at radius 3 is 2.24 bits per heavy atom. The summed E-state index contributed by atoms with van der Waals surface area (Å²) in [7, 11) is 1.66. The maximum atomic E-state index is 10.8. The Morgan fingerprint density at radius 1 is 1.06 bits per heavy atom. The molecule has 1 aromatic rings. The molecule has 0 unspecified atom stereocenters. The van der Waals surface area contributed by atoms with Gasteiger partial charge in [0.25, 0.3) is 0 Å². The molecule has 0 atom stereocenters. The van der Waals surface area contributed by atoms with Crippen LogP contribution in [0.1, 0.15) is 45.1 Å². The van der Waals surface area contributed by atoms with Crippen molar-refractivity contribution in [2.75, 3.05) is 7.11 Å². The van der Waals surface area contributed by atoms with E-state index < -0.39 is 5.60 Å². The zero-order valence-electron chi connectivity index (χ0n) is 11.0. The van der Waals surface area contributed by atoms with E-state index in [2.05, 4.69) is 13.8 Å². The molecular weight excluding hydrogens is 212 g/mol. The van der Waals surface area contributed by atoms with Crippen LogP contribution in [-0.2, 0) is 5.60 Å². The summed E-state index contributed by atoms with van der Waals surface area (Å²) in [6.45, 7) is 4.55. The van der Waals surface area contributed by atoms with Crippen LogP contribution in [0.2, 0.25) is 0 Å². The van der Waals surface area contributed by atoms with E-state index in [9.17, 15) is 5.11 Å². The molecule has 0 aliphatic heterocycles. The van der Waals surface area contributed by atoms with Gasteiger partial charge >= 0.3 is 0 Å². The van der Waals surface area contributed by atoms with Gasteiger partial charge in [0.1, 0.15) is 5.75 Å². The summed E-state index contributed by atoms with van der Waals surface area (Å²) in [5, 5.41) is 10.8. The summed E-state index contributed by atoms with van der Waals surface area (Å²) in [4.78, 5) is 0. The zero-order valence-corrected chi connectivity index (χ0v) is 11.0. The molecule has 1 fully saturated rings.